The van der Waals surface area contributed by atoms with E-state index in [1.807, 2.05) is 35.9 Å². The molecule has 0 bridgehead atoms. The van der Waals surface area contributed by atoms with Gasteiger partial charge in [0, 0.05) is 39.5 Å². The van der Waals surface area contributed by atoms with E-state index < -0.39 is 31.7 Å². The molecule has 10 heteroatoms. The molecule has 212 valence electrons. The van der Waals surface area contributed by atoms with E-state index in [0.29, 0.717) is 18.2 Å². The minimum atomic E-state index is -1.16. The molecule has 3 aromatic rings. The van der Waals surface area contributed by atoms with Crippen molar-refractivity contribution in [3.63, 3.8) is 0 Å². The molecule has 1 atom stereocenters. The summed E-state index contributed by atoms with van der Waals surface area (Å²) in [5.74, 6) is -0.0809. The van der Waals surface area contributed by atoms with Crippen LogP contribution in [-0.2, 0) is 21.0 Å². The van der Waals surface area contributed by atoms with E-state index in [2.05, 4.69) is 29.9 Å². The van der Waals surface area contributed by atoms with Crippen LogP contribution in [0, 0.1) is 6.92 Å². The highest BCUT2D eigenvalue weighted by Gasteiger charge is 2.21. The van der Waals surface area contributed by atoms with Gasteiger partial charge in [-0.2, -0.15) is 0 Å². The number of carbonyl (C=O) groups excluding carboxylic acids is 1. The summed E-state index contributed by atoms with van der Waals surface area (Å²) >= 11 is 0. The van der Waals surface area contributed by atoms with E-state index in [1.165, 1.54) is 0 Å². The van der Waals surface area contributed by atoms with Gasteiger partial charge in [-0.25, -0.2) is 9.78 Å². The number of rotatable bonds is 12. The molecular weight excluding hydrogens is 514 g/mol. The van der Waals surface area contributed by atoms with Crippen molar-refractivity contribution in [3.8, 4) is 11.5 Å². The molecule has 2 N–H and O–H groups in total. The van der Waals surface area contributed by atoms with Crippen molar-refractivity contribution in [1.82, 2.24) is 14.9 Å². The first-order valence-corrected chi connectivity index (χ1v) is 16.9. The van der Waals surface area contributed by atoms with Gasteiger partial charge in [-0.1, -0.05) is 31.8 Å². The summed E-state index contributed by atoms with van der Waals surface area (Å²) in [7, 11) is -1.16. The molecular formula is C29H41N3O6Si. The summed E-state index contributed by atoms with van der Waals surface area (Å²) in [5, 5.41) is 13.0. The number of carboxylic acid groups (broad SMARTS) is 1. The molecule has 0 aliphatic rings. The van der Waals surface area contributed by atoms with E-state index in [0.717, 1.165) is 34.8 Å². The van der Waals surface area contributed by atoms with Crippen LogP contribution in [0.15, 0.2) is 42.7 Å². The molecule has 1 aromatic carbocycles. The number of aliphatic carboxylic acids is 1. The molecule has 2 heterocycles. The van der Waals surface area contributed by atoms with Crippen LogP contribution in [0.3, 0.4) is 0 Å². The standard InChI is InChI=1S/C29H41N3O6Si/c1-20-18-32(19-36-14-15-39(5,6)7)27-26(20)24(12-13-30-27)37-23-10-8-21(9-11-23)22(16-25(33)34)17-31-28(35)38-29(2,3)4/h8-13,18,22H,14-17,19H2,1-7H3,(H,31,35)(H,33,34). The zero-order valence-corrected chi connectivity index (χ0v) is 25.0. The van der Waals surface area contributed by atoms with Crippen molar-refractivity contribution in [2.45, 2.75) is 78.1 Å². The molecule has 0 saturated heterocycles. The first-order valence-electron chi connectivity index (χ1n) is 13.2. The van der Waals surface area contributed by atoms with Crippen LogP contribution < -0.4 is 10.1 Å². The smallest absolute Gasteiger partial charge is 0.407 e. The van der Waals surface area contributed by atoms with Gasteiger partial charge in [0.25, 0.3) is 0 Å². The largest absolute Gasteiger partial charge is 0.481 e. The number of amides is 1. The first-order chi connectivity index (χ1) is 18.2. The number of ether oxygens (including phenoxy) is 3. The second kappa shape index (κ2) is 12.7. The molecule has 39 heavy (non-hydrogen) atoms. The van der Waals surface area contributed by atoms with Crippen molar-refractivity contribution in [3.05, 3.63) is 53.9 Å². The molecule has 2 aromatic heterocycles. The molecule has 0 saturated carbocycles. The van der Waals surface area contributed by atoms with E-state index >= 15 is 0 Å². The minimum Gasteiger partial charge on any atom is -0.481 e. The Bertz CT molecular complexity index is 1280. The Morgan fingerprint density at radius 1 is 1.13 bits per heavy atom. The van der Waals surface area contributed by atoms with Gasteiger partial charge in [-0.15, -0.1) is 0 Å². The molecule has 3 rings (SSSR count). The zero-order valence-electron chi connectivity index (χ0n) is 24.0. The lowest BCUT2D eigenvalue weighted by molar-refractivity contribution is -0.137. The quantitative estimate of drug-likeness (QED) is 0.193. The number of aryl methyl sites for hydroxylation is 1. The Morgan fingerprint density at radius 2 is 1.82 bits per heavy atom. The highest BCUT2D eigenvalue weighted by molar-refractivity contribution is 6.76. The Morgan fingerprint density at radius 3 is 2.44 bits per heavy atom. The van der Waals surface area contributed by atoms with Crippen molar-refractivity contribution >= 4 is 31.2 Å². The van der Waals surface area contributed by atoms with Crippen LogP contribution in [-0.4, -0.2) is 53.5 Å². The minimum absolute atomic E-state index is 0.131. The lowest BCUT2D eigenvalue weighted by Crippen LogP contribution is -2.35. The van der Waals surface area contributed by atoms with Crippen molar-refractivity contribution in [2.24, 2.45) is 0 Å². The number of hydrogen-bond donors (Lipinski definition) is 2. The number of fused-ring (bicyclic) bond motifs is 1. The highest BCUT2D eigenvalue weighted by atomic mass is 28.3. The number of benzene rings is 1. The van der Waals surface area contributed by atoms with E-state index in [9.17, 15) is 14.7 Å². The maximum atomic E-state index is 12.1. The van der Waals surface area contributed by atoms with Gasteiger partial charge in [0.2, 0.25) is 0 Å². The van der Waals surface area contributed by atoms with Gasteiger partial charge in [0.05, 0.1) is 11.8 Å². The topological polar surface area (TPSA) is 112 Å². The SMILES string of the molecule is Cc1cn(COCC[Si](C)(C)C)c2nccc(Oc3ccc(C(CNC(=O)OC(C)(C)C)CC(=O)O)cc3)c12. The van der Waals surface area contributed by atoms with Gasteiger partial charge < -0.3 is 29.2 Å². The normalized spacial score (nSPS) is 12.8. The number of carbonyl (C=O) groups is 2. The van der Waals surface area contributed by atoms with Crippen LogP contribution in [0.1, 0.15) is 44.2 Å². The van der Waals surface area contributed by atoms with E-state index in [-0.39, 0.29) is 13.0 Å². The number of alkyl carbamates (subject to hydrolysis) is 1. The number of carboxylic acids is 1. The Kier molecular flexibility index (Phi) is 9.79. The third kappa shape index (κ3) is 9.40. The third-order valence-electron chi connectivity index (χ3n) is 6.03. The number of hydrogen-bond acceptors (Lipinski definition) is 6. The lowest BCUT2D eigenvalue weighted by Gasteiger charge is -2.22. The second-order valence-corrected chi connectivity index (χ2v) is 17.6. The average Bonchev–Trinajstić information content (AvgIpc) is 3.14. The molecule has 0 spiro atoms. The zero-order chi connectivity index (χ0) is 28.8. The van der Waals surface area contributed by atoms with E-state index in [1.54, 1.807) is 39.1 Å². The van der Waals surface area contributed by atoms with Crippen molar-refractivity contribution in [1.29, 1.82) is 0 Å². The van der Waals surface area contributed by atoms with Gasteiger partial charge >= 0.3 is 12.1 Å². The van der Waals surface area contributed by atoms with Gasteiger partial charge in [-0.05, 0) is 63.1 Å². The summed E-state index contributed by atoms with van der Waals surface area (Å²) < 4.78 is 19.4. The molecule has 0 aliphatic carbocycles. The van der Waals surface area contributed by atoms with Gasteiger partial charge in [0.15, 0.2) is 0 Å². The maximum Gasteiger partial charge on any atom is 0.407 e. The molecule has 9 nitrogen and oxygen atoms in total. The number of nitrogens with zero attached hydrogens (tertiary/aromatic N) is 2. The summed E-state index contributed by atoms with van der Waals surface area (Å²) in [6, 6.07) is 10.2. The highest BCUT2D eigenvalue weighted by Crippen LogP contribution is 2.33. The average molecular weight is 556 g/mol. The Labute approximate surface area is 231 Å². The lowest BCUT2D eigenvalue weighted by atomic mass is 9.95. The summed E-state index contributed by atoms with van der Waals surface area (Å²) in [6.45, 7) is 15.6. The maximum absolute atomic E-state index is 12.1. The fourth-order valence-corrected chi connectivity index (χ4v) is 4.84. The third-order valence-corrected chi connectivity index (χ3v) is 7.73. The van der Waals surface area contributed by atoms with Gasteiger partial charge in [-0.3, -0.25) is 4.79 Å². The first kappa shape index (κ1) is 30.2. The van der Waals surface area contributed by atoms with Crippen molar-refractivity contribution in [2.75, 3.05) is 13.2 Å². The Hall–Kier alpha value is -3.37. The predicted octanol–water partition coefficient (Wildman–Crippen LogP) is 6.53. The fourth-order valence-electron chi connectivity index (χ4n) is 4.08. The predicted molar refractivity (Wildman–Crippen MR) is 154 cm³/mol. The van der Waals surface area contributed by atoms with Crippen LogP contribution in [0.4, 0.5) is 4.79 Å². The van der Waals surface area contributed by atoms with Crippen LogP contribution in [0.25, 0.3) is 11.0 Å². The van der Waals surface area contributed by atoms with Crippen molar-refractivity contribution < 1.29 is 28.9 Å². The van der Waals surface area contributed by atoms with E-state index in [4.69, 9.17) is 14.2 Å². The molecule has 0 aliphatic heterocycles. The van der Waals surface area contributed by atoms with Crippen LogP contribution in [0.2, 0.25) is 25.7 Å². The summed E-state index contributed by atoms with van der Waals surface area (Å²) in [5.41, 5.74) is 1.97. The number of nitrogens with one attached hydrogen (secondary N) is 1. The fraction of sp³-hybridized carbons (Fsp3) is 0.483. The molecule has 1 unspecified atom stereocenters. The molecule has 0 fully saturated rings. The van der Waals surface area contributed by atoms with Gasteiger partial charge in [0.1, 0.15) is 29.5 Å². The number of aromatic nitrogens is 2. The molecule has 0 radical (unpaired) electrons. The van der Waals surface area contributed by atoms with Crippen LogP contribution >= 0.6 is 0 Å². The Balaban J connectivity index is 1.71. The summed E-state index contributed by atoms with van der Waals surface area (Å²) in [4.78, 5) is 28.1. The van der Waals surface area contributed by atoms with Crippen LogP contribution in [0.5, 0.6) is 11.5 Å². The number of pyridine rings is 1. The molecule has 1 amide bonds. The monoisotopic (exact) mass is 555 g/mol. The second-order valence-electron chi connectivity index (χ2n) is 12.0. The summed E-state index contributed by atoms with van der Waals surface area (Å²) in [6.07, 6.45) is 3.03.